The van der Waals surface area contributed by atoms with E-state index in [1.807, 2.05) is 18.7 Å². The zero-order valence-corrected chi connectivity index (χ0v) is 43.6. The highest BCUT2D eigenvalue weighted by atomic mass is 35.5. The summed E-state index contributed by atoms with van der Waals surface area (Å²) in [5.41, 5.74) is 2.73. The molecule has 3 atom stereocenters. The van der Waals surface area contributed by atoms with Gasteiger partial charge in [0.2, 0.25) is 17.9 Å². The fourth-order valence-corrected chi connectivity index (χ4v) is 11.4. The average Bonchev–Trinajstić information content (AvgIpc) is 3.79. The molecule has 3 saturated heterocycles. The molecule has 1 N–H and O–H groups in total. The summed E-state index contributed by atoms with van der Waals surface area (Å²) < 4.78 is 73.4. The van der Waals surface area contributed by atoms with Gasteiger partial charge in [-0.25, -0.2) is 33.5 Å². The Morgan fingerprint density at radius 3 is 2.42 bits per heavy atom. The van der Waals surface area contributed by atoms with Crippen LogP contribution < -0.4 is 23.8 Å². The monoisotopic (exact) mass is 1080 g/mol. The minimum absolute atomic E-state index is 0.00165. The zero-order valence-electron chi connectivity index (χ0n) is 41.3. The van der Waals surface area contributed by atoms with E-state index < -0.39 is 29.7 Å². The normalized spacial score (nSPS) is 20.6. The molecule has 4 bridgehead atoms. The summed E-state index contributed by atoms with van der Waals surface area (Å²) in [7, 11) is 2.10. The first-order chi connectivity index (χ1) is 35.8. The molecule has 392 valence electrons. The number of piperazine rings is 1. The summed E-state index contributed by atoms with van der Waals surface area (Å²) in [4.78, 5) is 39.6. The molecule has 0 aliphatic carbocycles. The number of thiophene rings is 1. The molecule has 11 rings (SSSR count). The Balaban J connectivity index is 0.969. The predicted molar refractivity (Wildman–Crippen MR) is 277 cm³/mol. The van der Waals surface area contributed by atoms with E-state index in [1.54, 1.807) is 42.6 Å². The molecule has 0 amide bonds. The number of anilines is 1. The van der Waals surface area contributed by atoms with Crippen LogP contribution in [0.4, 0.5) is 14.7 Å². The topological polar surface area (TPSA) is 163 Å². The summed E-state index contributed by atoms with van der Waals surface area (Å²) in [6.45, 7) is 10.2. The zero-order chi connectivity index (χ0) is 51.5. The van der Waals surface area contributed by atoms with Gasteiger partial charge in [0.25, 0.3) is 0 Å². The highest BCUT2D eigenvalue weighted by molar-refractivity contribution is 7.22. The average molecular weight is 1080 g/mol. The van der Waals surface area contributed by atoms with Crippen molar-refractivity contribution in [2.24, 2.45) is 0 Å². The molecule has 3 fully saturated rings. The molecule has 74 heavy (non-hydrogen) atoms. The number of benzene rings is 3. The Bertz CT molecular complexity index is 2940. The molecule has 0 spiro atoms. The van der Waals surface area contributed by atoms with Gasteiger partial charge in [0.05, 0.1) is 54.2 Å². The lowest BCUT2D eigenvalue weighted by Gasteiger charge is -2.36. The number of aromatic nitrogens is 4. The van der Waals surface area contributed by atoms with Gasteiger partial charge < -0.3 is 48.1 Å². The molecule has 5 aliphatic rings. The van der Waals surface area contributed by atoms with Crippen LogP contribution in [0.5, 0.6) is 23.1 Å². The molecule has 8 heterocycles. The van der Waals surface area contributed by atoms with Crippen LogP contribution in [-0.2, 0) is 32.0 Å². The lowest BCUT2D eigenvalue weighted by molar-refractivity contribution is -0.145. The van der Waals surface area contributed by atoms with Crippen molar-refractivity contribution in [3.05, 3.63) is 99.3 Å². The molecule has 3 aromatic heterocycles. The standard InChI is InChI=1S/C53H57Cl2F2N7O9S/c1-31-42-32(2)46(55)47(45(31)54)72-38(24-63-18-16-62(3)17-19-63)28-70-37-8-9-40(71-25-36-10-13-58-52(61-36)64-14-11-53(57,12-15-64)29-68-27-39-26-67-20-21-69-39)34(22-37)23-41(51(65)66)73-49-44-43(42)48(74-50(44)60-30-59-49)33-4-6-35(56)7-5-33/h4-10,13,22,30,38-39,41H,11-12,14-21,23-29H2,1-3H3,(H,65,66)/t38-,39+,41-/m1/s1. The van der Waals surface area contributed by atoms with E-state index in [0.29, 0.717) is 117 Å². The van der Waals surface area contributed by atoms with E-state index in [1.165, 1.54) is 29.8 Å². The third-order valence-electron chi connectivity index (χ3n) is 13.9. The van der Waals surface area contributed by atoms with Crippen LogP contribution >= 0.6 is 34.5 Å². The van der Waals surface area contributed by atoms with Gasteiger partial charge in [0, 0.05) is 87.3 Å². The number of carboxylic acid groups (broad SMARTS) is 1. The number of carbonyl (C=O) groups is 1. The van der Waals surface area contributed by atoms with Crippen molar-refractivity contribution in [3.63, 3.8) is 0 Å². The van der Waals surface area contributed by atoms with E-state index in [4.69, 9.17) is 61.3 Å². The number of aliphatic carboxylic acids is 1. The van der Waals surface area contributed by atoms with Gasteiger partial charge in [0.15, 0.2) is 5.75 Å². The van der Waals surface area contributed by atoms with Crippen LogP contribution in [0, 0.1) is 19.7 Å². The molecular formula is C53H57Cl2F2N7O9S. The smallest absolute Gasteiger partial charge is 0.345 e. The first kappa shape index (κ1) is 52.0. The Morgan fingerprint density at radius 2 is 1.69 bits per heavy atom. The molecule has 3 aromatic carbocycles. The number of alkyl halides is 1. The van der Waals surface area contributed by atoms with Crippen LogP contribution in [0.1, 0.15) is 35.2 Å². The number of carboxylic acids is 1. The number of ether oxygens (including phenoxy) is 7. The molecule has 6 aromatic rings. The van der Waals surface area contributed by atoms with Crippen molar-refractivity contribution in [3.8, 4) is 44.7 Å². The molecule has 21 heteroatoms. The van der Waals surface area contributed by atoms with Crippen molar-refractivity contribution in [2.45, 2.75) is 63.7 Å². The van der Waals surface area contributed by atoms with Crippen molar-refractivity contribution < 1.29 is 51.8 Å². The van der Waals surface area contributed by atoms with Gasteiger partial charge in [-0.2, -0.15) is 0 Å². The molecule has 0 unspecified atom stereocenters. The van der Waals surface area contributed by atoms with Crippen molar-refractivity contribution >= 4 is 56.7 Å². The van der Waals surface area contributed by atoms with Crippen molar-refractivity contribution in [2.75, 3.05) is 97.4 Å². The highest BCUT2D eigenvalue weighted by Crippen LogP contribution is 2.53. The van der Waals surface area contributed by atoms with Gasteiger partial charge in [0.1, 0.15) is 59.6 Å². The fraction of sp³-hybridized carbons (Fsp3) is 0.453. The van der Waals surface area contributed by atoms with Gasteiger partial charge >= 0.3 is 5.97 Å². The summed E-state index contributed by atoms with van der Waals surface area (Å²) in [5.74, 6) is -0.119. The number of halogens is 4. The van der Waals surface area contributed by atoms with Gasteiger partial charge in [-0.15, -0.1) is 11.3 Å². The number of likely N-dealkylation sites (N-methyl/N-ethyl adjacent to an activating group) is 1. The maximum absolute atomic E-state index is 15.9. The summed E-state index contributed by atoms with van der Waals surface area (Å²) >= 11 is 16.0. The largest absolute Gasteiger partial charge is 0.490 e. The van der Waals surface area contributed by atoms with Crippen LogP contribution in [0.15, 0.2) is 61.1 Å². The number of piperidine rings is 1. The highest BCUT2D eigenvalue weighted by Gasteiger charge is 2.37. The van der Waals surface area contributed by atoms with Crippen LogP contribution in [0.3, 0.4) is 0 Å². The Hall–Kier alpha value is -5.51. The SMILES string of the molecule is Cc1c(Cl)c2c(Cl)c(C)c1-c1c(-c3ccc(F)cc3)sc3ncnc(c13)O[C@@H](C(=O)O)Cc1cc(ccc1OCc1ccnc(N3CCC(F)(COC[C@@H]4COCCO4)CC3)n1)OC[C@@H](CN1CCN(C)CC1)O2. The minimum Gasteiger partial charge on any atom is -0.490 e. The quantitative estimate of drug-likeness (QED) is 0.124. The lowest BCUT2D eigenvalue weighted by atomic mass is 9.92. The van der Waals surface area contributed by atoms with Crippen LogP contribution in [0.2, 0.25) is 10.0 Å². The number of fused-ring (bicyclic) bond motifs is 7. The summed E-state index contributed by atoms with van der Waals surface area (Å²) in [6.07, 6.45) is 1.00. The first-order valence-electron chi connectivity index (χ1n) is 24.7. The van der Waals surface area contributed by atoms with Gasteiger partial charge in [-0.3, -0.25) is 4.90 Å². The molecule has 0 saturated carbocycles. The number of hydrogen-bond donors (Lipinski definition) is 1. The van der Waals surface area contributed by atoms with Crippen LogP contribution in [-0.4, -0.2) is 157 Å². The fourth-order valence-electron chi connectivity index (χ4n) is 9.74. The summed E-state index contributed by atoms with van der Waals surface area (Å²) in [6, 6.07) is 13.0. The number of rotatable bonds is 12. The minimum atomic E-state index is -1.50. The second-order valence-corrected chi connectivity index (χ2v) is 20.9. The second kappa shape index (κ2) is 22.8. The van der Waals surface area contributed by atoms with Gasteiger partial charge in [-0.1, -0.05) is 35.3 Å². The number of nitrogens with zero attached hydrogens (tertiary/aromatic N) is 7. The van der Waals surface area contributed by atoms with Crippen LogP contribution in [0.25, 0.3) is 31.8 Å². The lowest BCUT2D eigenvalue weighted by Crippen LogP contribution is -2.49. The Labute approximate surface area is 441 Å². The third kappa shape index (κ3) is 11.6. The first-order valence-corrected chi connectivity index (χ1v) is 26.3. The molecule has 0 radical (unpaired) electrons. The molecule has 16 nitrogen and oxygen atoms in total. The van der Waals surface area contributed by atoms with Crippen molar-refractivity contribution in [1.82, 2.24) is 29.7 Å². The predicted octanol–water partition coefficient (Wildman–Crippen LogP) is 8.66. The Kier molecular flexibility index (Phi) is 16.0. The number of hydrogen-bond acceptors (Lipinski definition) is 16. The van der Waals surface area contributed by atoms with E-state index in [0.717, 1.165) is 26.2 Å². The van der Waals surface area contributed by atoms with Gasteiger partial charge in [-0.05, 0) is 79.5 Å². The summed E-state index contributed by atoms with van der Waals surface area (Å²) in [5, 5.41) is 11.9. The van der Waals surface area contributed by atoms with E-state index >= 15 is 4.39 Å². The van der Waals surface area contributed by atoms with E-state index in [9.17, 15) is 14.3 Å². The van der Waals surface area contributed by atoms with E-state index in [2.05, 4.69) is 31.8 Å². The van der Waals surface area contributed by atoms with Crippen molar-refractivity contribution in [1.29, 1.82) is 0 Å². The maximum atomic E-state index is 15.9. The maximum Gasteiger partial charge on any atom is 0.345 e. The molecule has 5 aliphatic heterocycles. The Morgan fingerprint density at radius 1 is 0.919 bits per heavy atom. The third-order valence-corrected chi connectivity index (χ3v) is 16.0. The molecular weight excluding hydrogens is 1020 g/mol. The second-order valence-electron chi connectivity index (χ2n) is 19.2. The van der Waals surface area contributed by atoms with E-state index in [-0.39, 0.29) is 67.7 Å².